The zero-order chi connectivity index (χ0) is 11.0. The van der Waals surface area contributed by atoms with E-state index in [0.717, 1.165) is 0 Å². The Bertz CT molecular complexity index is 601. The minimum absolute atomic E-state index is 0.0484. The van der Waals surface area contributed by atoms with Crippen LogP contribution < -0.4 is 5.56 Å². The summed E-state index contributed by atoms with van der Waals surface area (Å²) >= 11 is 0. The number of hydrogen-bond acceptors (Lipinski definition) is 3. The SMILES string of the molecule is Cn1c(=O)ccc2cccc([N+](=O)[O-])c21. The van der Waals surface area contributed by atoms with Crippen molar-refractivity contribution in [2.45, 2.75) is 0 Å². The molecule has 0 bridgehead atoms. The van der Waals surface area contributed by atoms with E-state index in [1.54, 1.807) is 18.2 Å². The summed E-state index contributed by atoms with van der Waals surface area (Å²) in [5, 5.41) is 11.5. The van der Waals surface area contributed by atoms with E-state index in [0.29, 0.717) is 10.9 Å². The lowest BCUT2D eigenvalue weighted by atomic mass is 10.2. The second-order valence-corrected chi connectivity index (χ2v) is 3.20. The van der Waals surface area contributed by atoms with Gasteiger partial charge < -0.3 is 4.57 Å². The molecular formula is C10H8N2O3. The molecule has 0 saturated carbocycles. The van der Waals surface area contributed by atoms with Gasteiger partial charge >= 0.3 is 0 Å². The summed E-state index contributed by atoms with van der Waals surface area (Å²) in [6.45, 7) is 0. The monoisotopic (exact) mass is 204 g/mol. The van der Waals surface area contributed by atoms with Crippen molar-refractivity contribution in [2.24, 2.45) is 7.05 Å². The van der Waals surface area contributed by atoms with E-state index in [1.165, 1.54) is 23.7 Å². The van der Waals surface area contributed by atoms with Crippen molar-refractivity contribution < 1.29 is 4.92 Å². The number of fused-ring (bicyclic) bond motifs is 1. The lowest BCUT2D eigenvalue weighted by Crippen LogP contribution is -2.15. The first-order chi connectivity index (χ1) is 7.11. The molecule has 5 nitrogen and oxygen atoms in total. The zero-order valence-corrected chi connectivity index (χ0v) is 8.01. The predicted octanol–water partition coefficient (Wildman–Crippen LogP) is 1.45. The van der Waals surface area contributed by atoms with E-state index in [1.807, 2.05) is 0 Å². The van der Waals surface area contributed by atoms with E-state index in [9.17, 15) is 14.9 Å². The van der Waals surface area contributed by atoms with Crippen LogP contribution in [0.5, 0.6) is 0 Å². The third-order valence-corrected chi connectivity index (χ3v) is 2.31. The molecule has 15 heavy (non-hydrogen) atoms. The molecule has 0 saturated heterocycles. The minimum Gasteiger partial charge on any atom is -0.305 e. The third kappa shape index (κ3) is 1.38. The molecule has 2 rings (SSSR count). The lowest BCUT2D eigenvalue weighted by Gasteiger charge is -2.03. The number of benzene rings is 1. The highest BCUT2D eigenvalue weighted by Gasteiger charge is 2.13. The molecule has 0 amide bonds. The Morgan fingerprint density at radius 2 is 2.00 bits per heavy atom. The summed E-state index contributed by atoms with van der Waals surface area (Å²) in [4.78, 5) is 21.6. The van der Waals surface area contributed by atoms with Gasteiger partial charge in [0.1, 0.15) is 5.52 Å². The van der Waals surface area contributed by atoms with Crippen LogP contribution >= 0.6 is 0 Å². The summed E-state index contributed by atoms with van der Waals surface area (Å²) in [6, 6.07) is 7.71. The zero-order valence-electron chi connectivity index (χ0n) is 8.01. The highest BCUT2D eigenvalue weighted by atomic mass is 16.6. The number of aryl methyl sites for hydroxylation is 1. The average Bonchev–Trinajstić information content (AvgIpc) is 2.23. The number of para-hydroxylation sites is 1. The summed E-state index contributed by atoms with van der Waals surface area (Å²) in [5.41, 5.74) is 0.0551. The summed E-state index contributed by atoms with van der Waals surface area (Å²) in [5.74, 6) is 0. The Balaban J connectivity index is 3.01. The number of nitro groups is 1. The molecule has 2 aromatic rings. The molecule has 0 atom stereocenters. The highest BCUT2D eigenvalue weighted by Crippen LogP contribution is 2.22. The van der Waals surface area contributed by atoms with E-state index in [2.05, 4.69) is 0 Å². The maximum atomic E-state index is 11.3. The fourth-order valence-corrected chi connectivity index (χ4v) is 1.58. The average molecular weight is 204 g/mol. The lowest BCUT2D eigenvalue weighted by molar-refractivity contribution is -0.383. The fourth-order valence-electron chi connectivity index (χ4n) is 1.58. The number of aromatic nitrogens is 1. The van der Waals surface area contributed by atoms with E-state index >= 15 is 0 Å². The molecule has 0 aliphatic heterocycles. The van der Waals surface area contributed by atoms with Crippen LogP contribution in [-0.2, 0) is 7.05 Å². The third-order valence-electron chi connectivity index (χ3n) is 2.31. The molecule has 0 aliphatic carbocycles. The van der Waals surface area contributed by atoms with Crippen LogP contribution in [-0.4, -0.2) is 9.49 Å². The Kier molecular flexibility index (Phi) is 2.00. The van der Waals surface area contributed by atoms with Crippen molar-refractivity contribution in [1.29, 1.82) is 0 Å². The van der Waals surface area contributed by atoms with Gasteiger partial charge in [0.15, 0.2) is 0 Å². The molecular weight excluding hydrogens is 196 g/mol. The second-order valence-electron chi connectivity index (χ2n) is 3.20. The molecule has 0 unspecified atom stereocenters. The maximum Gasteiger partial charge on any atom is 0.293 e. The molecule has 76 valence electrons. The van der Waals surface area contributed by atoms with Crippen molar-refractivity contribution in [3.8, 4) is 0 Å². The number of hydrogen-bond donors (Lipinski definition) is 0. The van der Waals surface area contributed by atoms with Gasteiger partial charge in [-0.25, -0.2) is 0 Å². The normalized spacial score (nSPS) is 10.5. The van der Waals surface area contributed by atoms with Crippen LogP contribution in [0.3, 0.4) is 0 Å². The van der Waals surface area contributed by atoms with Gasteiger partial charge in [-0.1, -0.05) is 12.1 Å². The van der Waals surface area contributed by atoms with Gasteiger partial charge in [-0.05, 0) is 6.07 Å². The van der Waals surface area contributed by atoms with Gasteiger partial charge in [-0.15, -0.1) is 0 Å². The minimum atomic E-state index is -0.484. The molecule has 0 radical (unpaired) electrons. The first-order valence-corrected chi connectivity index (χ1v) is 4.34. The van der Waals surface area contributed by atoms with Crippen molar-refractivity contribution in [3.05, 3.63) is 50.8 Å². The van der Waals surface area contributed by atoms with Crippen LogP contribution in [0.4, 0.5) is 5.69 Å². The van der Waals surface area contributed by atoms with Crippen LogP contribution in [0.1, 0.15) is 0 Å². The highest BCUT2D eigenvalue weighted by molar-refractivity contribution is 5.87. The molecule has 0 N–H and O–H groups in total. The van der Waals surface area contributed by atoms with E-state index < -0.39 is 4.92 Å². The van der Waals surface area contributed by atoms with Crippen molar-refractivity contribution in [3.63, 3.8) is 0 Å². The van der Waals surface area contributed by atoms with E-state index in [4.69, 9.17) is 0 Å². The quantitative estimate of drug-likeness (QED) is 0.521. The van der Waals surface area contributed by atoms with Gasteiger partial charge in [-0.3, -0.25) is 14.9 Å². The number of non-ortho nitro benzene ring substituents is 1. The van der Waals surface area contributed by atoms with Crippen LogP contribution in [0.15, 0.2) is 35.1 Å². The second kappa shape index (κ2) is 3.20. The molecule has 0 fully saturated rings. The van der Waals surface area contributed by atoms with Crippen LogP contribution in [0, 0.1) is 10.1 Å². The number of pyridine rings is 1. The van der Waals surface area contributed by atoms with Gasteiger partial charge in [0, 0.05) is 24.6 Å². The first-order valence-electron chi connectivity index (χ1n) is 4.34. The Morgan fingerprint density at radius 1 is 1.27 bits per heavy atom. The predicted molar refractivity (Wildman–Crippen MR) is 55.8 cm³/mol. The fraction of sp³-hybridized carbons (Fsp3) is 0.100. The van der Waals surface area contributed by atoms with Crippen LogP contribution in [0.2, 0.25) is 0 Å². The summed E-state index contributed by atoms with van der Waals surface area (Å²) < 4.78 is 1.29. The Morgan fingerprint density at radius 3 is 2.67 bits per heavy atom. The first kappa shape index (κ1) is 9.39. The molecule has 0 aliphatic rings. The van der Waals surface area contributed by atoms with E-state index in [-0.39, 0.29) is 11.2 Å². The van der Waals surface area contributed by atoms with Gasteiger partial charge in [0.2, 0.25) is 0 Å². The van der Waals surface area contributed by atoms with Crippen molar-refractivity contribution in [2.75, 3.05) is 0 Å². The van der Waals surface area contributed by atoms with Gasteiger partial charge in [0.25, 0.3) is 11.2 Å². The standard InChI is InChI=1S/C10H8N2O3/c1-11-9(13)6-5-7-3-2-4-8(10(7)11)12(14)15/h2-6H,1H3. The van der Waals surface area contributed by atoms with Gasteiger partial charge in [0.05, 0.1) is 4.92 Å². The van der Waals surface area contributed by atoms with Crippen molar-refractivity contribution >= 4 is 16.6 Å². The molecule has 1 aromatic heterocycles. The van der Waals surface area contributed by atoms with Gasteiger partial charge in [-0.2, -0.15) is 0 Å². The maximum absolute atomic E-state index is 11.3. The van der Waals surface area contributed by atoms with Crippen molar-refractivity contribution in [1.82, 2.24) is 4.57 Å². The largest absolute Gasteiger partial charge is 0.305 e. The Hall–Kier alpha value is -2.17. The number of nitrogens with zero attached hydrogens (tertiary/aromatic N) is 2. The molecule has 1 heterocycles. The Labute approximate surface area is 84.7 Å². The summed E-state index contributed by atoms with van der Waals surface area (Å²) in [7, 11) is 1.53. The number of nitro benzene ring substituents is 1. The molecule has 1 aromatic carbocycles. The topological polar surface area (TPSA) is 65.1 Å². The molecule has 5 heteroatoms. The summed E-state index contributed by atoms with van der Waals surface area (Å²) in [6.07, 6.45) is 0. The molecule has 0 spiro atoms. The number of rotatable bonds is 1. The van der Waals surface area contributed by atoms with Crippen LogP contribution in [0.25, 0.3) is 10.9 Å². The smallest absolute Gasteiger partial charge is 0.293 e.